The van der Waals surface area contributed by atoms with Gasteiger partial charge in [-0.05, 0) is 25.7 Å². The third-order valence-corrected chi connectivity index (χ3v) is 4.83. The first kappa shape index (κ1) is 16.9. The van der Waals surface area contributed by atoms with Gasteiger partial charge < -0.3 is 16.0 Å². The molecule has 1 aliphatic heterocycles. The molecule has 0 unspecified atom stereocenters. The topological polar surface area (TPSA) is 49.0 Å². The fourth-order valence-electron chi connectivity index (χ4n) is 3.32. The summed E-state index contributed by atoms with van der Waals surface area (Å²) in [6.07, 6.45) is 2.09. The van der Waals surface area contributed by atoms with Crippen molar-refractivity contribution in [1.29, 1.82) is 0 Å². The van der Waals surface area contributed by atoms with Gasteiger partial charge in [-0.2, -0.15) is 9.37 Å². The van der Waals surface area contributed by atoms with Crippen molar-refractivity contribution in [3.63, 3.8) is 0 Å². The van der Waals surface area contributed by atoms with Crippen LogP contribution in [0.5, 0.6) is 0 Å². The zero-order valence-corrected chi connectivity index (χ0v) is 14.1. The molecule has 8 heteroatoms. The summed E-state index contributed by atoms with van der Waals surface area (Å²) in [7, 11) is 0. The van der Waals surface area contributed by atoms with Crippen LogP contribution in [0, 0.1) is 29.3 Å². The number of halogens is 4. The van der Waals surface area contributed by atoms with Gasteiger partial charge in [-0.25, -0.2) is 13.2 Å². The average Bonchev–Trinajstić information content (AvgIpc) is 3.41. The highest BCUT2D eigenvalue weighted by Crippen LogP contribution is 2.44. The van der Waals surface area contributed by atoms with E-state index in [9.17, 15) is 17.6 Å². The fourth-order valence-corrected chi connectivity index (χ4v) is 3.32. The Bertz CT molecular complexity index is 844. The van der Waals surface area contributed by atoms with Gasteiger partial charge in [0, 0.05) is 31.3 Å². The lowest BCUT2D eigenvalue weighted by molar-refractivity contribution is 0.541. The number of pyridine rings is 1. The van der Waals surface area contributed by atoms with Gasteiger partial charge in [0.2, 0.25) is 5.95 Å². The van der Waals surface area contributed by atoms with Gasteiger partial charge in [0.15, 0.2) is 5.82 Å². The summed E-state index contributed by atoms with van der Waals surface area (Å²) >= 11 is 0. The molecule has 0 spiro atoms. The number of nitrogens with zero attached hydrogens (tertiary/aromatic N) is 1. The molecule has 2 heterocycles. The number of hydrogen-bond donors (Lipinski definition) is 3. The molecule has 0 bridgehead atoms. The highest BCUT2D eigenvalue weighted by atomic mass is 19.1. The number of benzene rings is 1. The van der Waals surface area contributed by atoms with Crippen molar-refractivity contribution >= 4 is 17.2 Å². The molecule has 2 aromatic rings. The molecule has 0 radical (unpaired) electrons. The van der Waals surface area contributed by atoms with Crippen molar-refractivity contribution in [2.24, 2.45) is 5.92 Å². The zero-order valence-electron chi connectivity index (χ0n) is 14.1. The lowest BCUT2D eigenvalue weighted by Gasteiger charge is -2.27. The van der Waals surface area contributed by atoms with Crippen molar-refractivity contribution < 1.29 is 17.6 Å². The van der Waals surface area contributed by atoms with Gasteiger partial charge in [0.05, 0.1) is 16.8 Å². The molecule has 4 nitrogen and oxygen atoms in total. The summed E-state index contributed by atoms with van der Waals surface area (Å²) in [6.45, 7) is 3.05. The molecular formula is C18H18F4N4. The number of aromatic nitrogens is 1. The Morgan fingerprint density at radius 2 is 1.69 bits per heavy atom. The Balaban J connectivity index is 1.93. The maximum absolute atomic E-state index is 14.8. The van der Waals surface area contributed by atoms with Crippen molar-refractivity contribution in [2.45, 2.75) is 25.8 Å². The standard InChI is InChI=1S/C18H18F4N4/c1-8(9-2-3-9)25-15-14(13-11(20)6-10(19)7-12(13)21)17(22)26-18-16(15)23-4-5-24-18/h6-9,23H,2-5H2,1H3,(H2,24,25,26)/t8-/m1/s1. The van der Waals surface area contributed by atoms with E-state index in [4.69, 9.17) is 0 Å². The van der Waals surface area contributed by atoms with Gasteiger partial charge >= 0.3 is 0 Å². The molecule has 0 amide bonds. The van der Waals surface area contributed by atoms with Crippen LogP contribution in [0.3, 0.4) is 0 Å². The Morgan fingerprint density at radius 3 is 2.35 bits per heavy atom. The Kier molecular flexibility index (Phi) is 4.13. The van der Waals surface area contributed by atoms with Gasteiger partial charge in [-0.3, -0.25) is 0 Å². The summed E-state index contributed by atoms with van der Waals surface area (Å²) in [6, 6.07) is 1.07. The molecule has 26 heavy (non-hydrogen) atoms. The van der Waals surface area contributed by atoms with E-state index in [2.05, 4.69) is 20.9 Å². The van der Waals surface area contributed by atoms with E-state index < -0.39 is 29.0 Å². The molecule has 1 aliphatic carbocycles. The molecule has 0 saturated heterocycles. The monoisotopic (exact) mass is 366 g/mol. The van der Waals surface area contributed by atoms with Crippen molar-refractivity contribution in [3.8, 4) is 11.1 Å². The van der Waals surface area contributed by atoms with Crippen LogP contribution < -0.4 is 16.0 Å². The first-order valence-electron chi connectivity index (χ1n) is 8.58. The van der Waals surface area contributed by atoms with E-state index in [0.717, 1.165) is 12.8 Å². The van der Waals surface area contributed by atoms with Crippen molar-refractivity contribution in [1.82, 2.24) is 4.98 Å². The minimum atomic E-state index is -1.17. The summed E-state index contributed by atoms with van der Waals surface area (Å²) < 4.78 is 56.8. The van der Waals surface area contributed by atoms with E-state index in [1.807, 2.05) is 6.92 Å². The van der Waals surface area contributed by atoms with Gasteiger partial charge in [0.25, 0.3) is 0 Å². The predicted octanol–water partition coefficient (Wildman–Crippen LogP) is 4.35. The SMILES string of the molecule is C[C@@H](Nc1c2c(nc(F)c1-c1c(F)cc(F)cc1F)NCCN2)C1CC1. The average molecular weight is 366 g/mol. The minimum absolute atomic E-state index is 0.00468. The first-order chi connectivity index (χ1) is 12.5. The number of nitrogens with one attached hydrogen (secondary N) is 3. The maximum atomic E-state index is 14.8. The third kappa shape index (κ3) is 2.93. The number of fused-ring (bicyclic) bond motifs is 1. The number of hydrogen-bond acceptors (Lipinski definition) is 4. The molecule has 1 aromatic carbocycles. The molecule has 1 atom stereocenters. The lowest BCUT2D eigenvalue weighted by Crippen LogP contribution is -2.26. The molecule has 2 aliphatic rings. The summed E-state index contributed by atoms with van der Waals surface area (Å²) in [5.74, 6) is -3.71. The van der Waals surface area contributed by atoms with E-state index in [1.54, 1.807) is 0 Å². The van der Waals surface area contributed by atoms with E-state index >= 15 is 0 Å². The van der Waals surface area contributed by atoms with Crippen LogP contribution in [0.2, 0.25) is 0 Å². The Morgan fingerprint density at radius 1 is 1.04 bits per heavy atom. The summed E-state index contributed by atoms with van der Waals surface area (Å²) in [5.41, 5.74) is -0.258. The van der Waals surface area contributed by atoms with Crippen LogP contribution in [-0.4, -0.2) is 24.1 Å². The zero-order chi connectivity index (χ0) is 18.4. The fraction of sp³-hybridized carbons (Fsp3) is 0.389. The van der Waals surface area contributed by atoms with Gasteiger partial charge in [0.1, 0.15) is 23.1 Å². The highest BCUT2D eigenvalue weighted by molar-refractivity contribution is 5.93. The normalized spacial score (nSPS) is 17.1. The number of anilines is 3. The van der Waals surface area contributed by atoms with Crippen LogP contribution in [0.15, 0.2) is 12.1 Å². The summed E-state index contributed by atoms with van der Waals surface area (Å²) in [4.78, 5) is 3.82. The minimum Gasteiger partial charge on any atom is -0.380 e. The summed E-state index contributed by atoms with van der Waals surface area (Å²) in [5, 5.41) is 9.29. The van der Waals surface area contributed by atoms with Crippen LogP contribution in [-0.2, 0) is 0 Å². The van der Waals surface area contributed by atoms with Crippen LogP contribution in [0.25, 0.3) is 11.1 Å². The molecular weight excluding hydrogens is 348 g/mol. The van der Waals surface area contributed by atoms with E-state index in [0.29, 0.717) is 36.8 Å². The molecule has 138 valence electrons. The van der Waals surface area contributed by atoms with Crippen LogP contribution >= 0.6 is 0 Å². The first-order valence-corrected chi connectivity index (χ1v) is 8.58. The molecule has 4 rings (SSSR count). The molecule has 1 fully saturated rings. The Labute approximate surface area is 148 Å². The Hall–Kier alpha value is -2.51. The largest absolute Gasteiger partial charge is 0.380 e. The van der Waals surface area contributed by atoms with Gasteiger partial charge in [-0.15, -0.1) is 0 Å². The van der Waals surface area contributed by atoms with E-state index in [1.165, 1.54) is 0 Å². The highest BCUT2D eigenvalue weighted by Gasteiger charge is 2.32. The molecule has 1 saturated carbocycles. The molecule has 1 aromatic heterocycles. The van der Waals surface area contributed by atoms with Crippen LogP contribution in [0.4, 0.5) is 34.8 Å². The van der Waals surface area contributed by atoms with Crippen LogP contribution in [0.1, 0.15) is 19.8 Å². The van der Waals surface area contributed by atoms with E-state index in [-0.39, 0.29) is 23.1 Å². The second-order valence-electron chi connectivity index (χ2n) is 6.74. The van der Waals surface area contributed by atoms with Crippen molar-refractivity contribution in [3.05, 3.63) is 35.5 Å². The number of rotatable bonds is 4. The van der Waals surface area contributed by atoms with Gasteiger partial charge in [-0.1, -0.05) is 0 Å². The smallest absolute Gasteiger partial charge is 0.225 e. The third-order valence-electron chi connectivity index (χ3n) is 4.83. The predicted molar refractivity (Wildman–Crippen MR) is 92.3 cm³/mol. The lowest BCUT2D eigenvalue weighted by atomic mass is 10.0. The molecule has 3 N–H and O–H groups in total. The maximum Gasteiger partial charge on any atom is 0.225 e. The second-order valence-corrected chi connectivity index (χ2v) is 6.74. The second kappa shape index (κ2) is 6.34. The van der Waals surface area contributed by atoms with Crippen molar-refractivity contribution in [2.75, 3.05) is 29.0 Å². The quantitative estimate of drug-likeness (QED) is 0.556.